The van der Waals surface area contributed by atoms with Crippen LogP contribution in [0.25, 0.3) is 11.1 Å². The molecule has 0 amide bonds. The molecule has 5 heteroatoms. The molecule has 0 saturated heterocycles. The summed E-state index contributed by atoms with van der Waals surface area (Å²) in [5.41, 5.74) is 9.07. The van der Waals surface area contributed by atoms with Crippen LogP contribution in [0.1, 0.15) is 11.1 Å². The fourth-order valence-corrected chi connectivity index (χ4v) is 2.15. The van der Waals surface area contributed by atoms with Crippen molar-refractivity contribution >= 4 is 5.69 Å². The van der Waals surface area contributed by atoms with Crippen molar-refractivity contribution in [3.8, 4) is 11.1 Å². The molecule has 1 aromatic carbocycles. The third-order valence-corrected chi connectivity index (χ3v) is 3.35. The Hall–Kier alpha value is -2.30. The van der Waals surface area contributed by atoms with Crippen LogP contribution in [0.15, 0.2) is 27.9 Å². The van der Waals surface area contributed by atoms with Gasteiger partial charge in [-0.2, -0.15) is 0 Å². The van der Waals surface area contributed by atoms with Gasteiger partial charge in [-0.15, -0.1) is 0 Å². The van der Waals surface area contributed by atoms with E-state index in [9.17, 15) is 9.59 Å². The van der Waals surface area contributed by atoms with Gasteiger partial charge in [-0.25, -0.2) is 4.79 Å². The van der Waals surface area contributed by atoms with Crippen LogP contribution in [0.3, 0.4) is 0 Å². The fraction of sp³-hybridized carbons (Fsp3) is 0.286. The lowest BCUT2D eigenvalue weighted by molar-refractivity contribution is 0.688. The number of aryl methyl sites for hydroxylation is 3. The number of aromatic nitrogens is 2. The first-order valence-corrected chi connectivity index (χ1v) is 5.96. The Bertz CT molecular complexity index is 769. The third-order valence-electron chi connectivity index (χ3n) is 3.35. The van der Waals surface area contributed by atoms with Gasteiger partial charge in [0, 0.05) is 26.0 Å². The molecule has 0 atom stereocenters. The van der Waals surface area contributed by atoms with Crippen LogP contribution >= 0.6 is 0 Å². The van der Waals surface area contributed by atoms with Gasteiger partial charge in [0.2, 0.25) is 0 Å². The lowest BCUT2D eigenvalue weighted by Crippen LogP contribution is -2.37. The molecule has 0 bridgehead atoms. The number of nitrogens with two attached hydrogens (primary N) is 1. The Morgan fingerprint density at radius 3 is 2.26 bits per heavy atom. The minimum atomic E-state index is -0.341. The molecule has 100 valence electrons. The number of benzene rings is 1. The monoisotopic (exact) mass is 259 g/mol. The Labute approximate surface area is 110 Å². The summed E-state index contributed by atoms with van der Waals surface area (Å²) in [5.74, 6) is 0. The lowest BCUT2D eigenvalue weighted by Gasteiger charge is -2.11. The van der Waals surface area contributed by atoms with Gasteiger partial charge in [0.1, 0.15) is 0 Å². The quantitative estimate of drug-likeness (QED) is 0.775. The predicted molar refractivity (Wildman–Crippen MR) is 76.2 cm³/mol. The summed E-state index contributed by atoms with van der Waals surface area (Å²) in [7, 11) is 3.10. The van der Waals surface area contributed by atoms with Crippen molar-refractivity contribution in [3.63, 3.8) is 0 Å². The molecule has 0 aliphatic rings. The summed E-state index contributed by atoms with van der Waals surface area (Å²) in [4.78, 5) is 23.9. The first-order chi connectivity index (χ1) is 8.82. The minimum absolute atomic E-state index is 0.311. The topological polar surface area (TPSA) is 70.0 Å². The van der Waals surface area contributed by atoms with Crippen LogP contribution in [-0.4, -0.2) is 9.13 Å². The smallest absolute Gasteiger partial charge is 0.330 e. The summed E-state index contributed by atoms with van der Waals surface area (Å²) >= 11 is 0. The summed E-state index contributed by atoms with van der Waals surface area (Å²) in [5, 5.41) is 0. The zero-order valence-corrected chi connectivity index (χ0v) is 11.5. The molecule has 2 aromatic rings. The summed E-state index contributed by atoms with van der Waals surface area (Å²) in [6.07, 6.45) is 1.56. The van der Waals surface area contributed by atoms with Gasteiger partial charge in [0.15, 0.2) is 0 Å². The first-order valence-electron chi connectivity index (χ1n) is 5.96. The molecule has 5 nitrogen and oxygen atoms in total. The van der Waals surface area contributed by atoms with Crippen LogP contribution in [0.5, 0.6) is 0 Å². The maximum absolute atomic E-state index is 12.2. The van der Waals surface area contributed by atoms with Crippen molar-refractivity contribution in [1.82, 2.24) is 9.13 Å². The highest BCUT2D eigenvalue weighted by atomic mass is 16.2. The van der Waals surface area contributed by atoms with Crippen LogP contribution in [-0.2, 0) is 14.1 Å². The standard InChI is InChI=1S/C14H17N3O2/c1-8-5-9(2)12(15)6-10(8)11-7-16(3)14(19)17(4)13(11)18/h5-7H,15H2,1-4H3. The van der Waals surface area contributed by atoms with Gasteiger partial charge in [-0.1, -0.05) is 6.07 Å². The molecule has 0 aliphatic heterocycles. The molecule has 0 unspecified atom stereocenters. The second-order valence-electron chi connectivity index (χ2n) is 4.82. The van der Waals surface area contributed by atoms with E-state index in [2.05, 4.69) is 0 Å². The van der Waals surface area contributed by atoms with Crippen LogP contribution in [0, 0.1) is 13.8 Å². The zero-order chi connectivity index (χ0) is 14.3. The number of hydrogen-bond donors (Lipinski definition) is 1. The Kier molecular flexibility index (Phi) is 3.06. The van der Waals surface area contributed by atoms with Crippen LogP contribution in [0.2, 0.25) is 0 Å². The molecular formula is C14H17N3O2. The third kappa shape index (κ3) is 2.07. The van der Waals surface area contributed by atoms with Gasteiger partial charge in [-0.05, 0) is 36.6 Å². The largest absolute Gasteiger partial charge is 0.398 e. The molecule has 0 aliphatic carbocycles. The molecule has 19 heavy (non-hydrogen) atoms. The van der Waals surface area contributed by atoms with Crippen molar-refractivity contribution in [2.24, 2.45) is 14.1 Å². The molecule has 0 saturated carbocycles. The number of rotatable bonds is 1. The molecule has 0 fully saturated rings. The molecule has 1 aromatic heterocycles. The van der Waals surface area contributed by atoms with E-state index in [1.165, 1.54) is 11.6 Å². The van der Waals surface area contributed by atoms with E-state index < -0.39 is 0 Å². The van der Waals surface area contributed by atoms with E-state index in [0.29, 0.717) is 11.3 Å². The number of nitrogen functional groups attached to an aromatic ring is 1. The van der Waals surface area contributed by atoms with Crippen molar-refractivity contribution in [2.45, 2.75) is 13.8 Å². The maximum Gasteiger partial charge on any atom is 0.330 e. The minimum Gasteiger partial charge on any atom is -0.398 e. The molecule has 0 radical (unpaired) electrons. The van der Waals surface area contributed by atoms with E-state index in [4.69, 9.17) is 5.73 Å². The van der Waals surface area contributed by atoms with Crippen molar-refractivity contribution < 1.29 is 0 Å². The van der Waals surface area contributed by atoms with Gasteiger partial charge in [0.05, 0.1) is 5.56 Å². The Morgan fingerprint density at radius 1 is 1.00 bits per heavy atom. The fourth-order valence-electron chi connectivity index (χ4n) is 2.15. The van der Waals surface area contributed by atoms with Gasteiger partial charge in [0.25, 0.3) is 5.56 Å². The van der Waals surface area contributed by atoms with Crippen LogP contribution < -0.4 is 17.0 Å². The Morgan fingerprint density at radius 2 is 1.63 bits per heavy atom. The molecule has 1 heterocycles. The molecule has 2 N–H and O–H groups in total. The first kappa shape index (κ1) is 13.1. The summed E-state index contributed by atoms with van der Waals surface area (Å²) in [6.45, 7) is 3.84. The van der Waals surface area contributed by atoms with Crippen molar-refractivity contribution in [3.05, 3.63) is 50.3 Å². The van der Waals surface area contributed by atoms with E-state index >= 15 is 0 Å². The number of nitrogens with zero attached hydrogens (tertiary/aromatic N) is 2. The SMILES string of the molecule is Cc1cc(C)c(-c2cn(C)c(=O)n(C)c2=O)cc1N. The second-order valence-corrected chi connectivity index (χ2v) is 4.82. The van der Waals surface area contributed by atoms with Crippen molar-refractivity contribution in [1.29, 1.82) is 0 Å². The normalized spacial score (nSPS) is 10.7. The summed E-state index contributed by atoms with van der Waals surface area (Å²) in [6, 6.07) is 3.72. The van der Waals surface area contributed by atoms with Gasteiger partial charge >= 0.3 is 5.69 Å². The Balaban J connectivity index is 2.84. The predicted octanol–water partition coefficient (Wildman–Crippen LogP) is 0.950. The van der Waals surface area contributed by atoms with E-state index in [-0.39, 0.29) is 11.2 Å². The van der Waals surface area contributed by atoms with E-state index in [0.717, 1.165) is 21.3 Å². The molecule has 0 spiro atoms. The number of anilines is 1. The molecular weight excluding hydrogens is 242 g/mol. The zero-order valence-electron chi connectivity index (χ0n) is 11.5. The van der Waals surface area contributed by atoms with E-state index in [1.807, 2.05) is 19.9 Å². The highest BCUT2D eigenvalue weighted by Gasteiger charge is 2.12. The second kappa shape index (κ2) is 4.42. The maximum atomic E-state index is 12.2. The number of hydrogen-bond acceptors (Lipinski definition) is 3. The highest BCUT2D eigenvalue weighted by Crippen LogP contribution is 2.25. The lowest BCUT2D eigenvalue weighted by atomic mass is 9.99. The van der Waals surface area contributed by atoms with Crippen LogP contribution in [0.4, 0.5) is 5.69 Å². The highest BCUT2D eigenvalue weighted by molar-refractivity contribution is 5.71. The van der Waals surface area contributed by atoms with Gasteiger partial charge < -0.3 is 10.3 Å². The average molecular weight is 259 g/mol. The van der Waals surface area contributed by atoms with Gasteiger partial charge in [-0.3, -0.25) is 9.36 Å². The summed E-state index contributed by atoms with van der Waals surface area (Å²) < 4.78 is 2.50. The molecule has 2 rings (SSSR count). The van der Waals surface area contributed by atoms with Crippen molar-refractivity contribution in [2.75, 3.05) is 5.73 Å². The average Bonchev–Trinajstić information content (AvgIpc) is 2.36. The van der Waals surface area contributed by atoms with E-state index in [1.54, 1.807) is 19.3 Å².